The van der Waals surface area contributed by atoms with Crippen LogP contribution in [0.25, 0.3) is 0 Å². The third-order valence-corrected chi connectivity index (χ3v) is 4.31. The van der Waals surface area contributed by atoms with Gasteiger partial charge in [-0.2, -0.15) is 0 Å². The molecule has 2 heterocycles. The molecule has 2 aliphatic rings. The van der Waals surface area contributed by atoms with E-state index in [4.69, 9.17) is 4.74 Å². The lowest BCUT2D eigenvalue weighted by Gasteiger charge is -2.30. The first kappa shape index (κ1) is 16.7. The predicted molar refractivity (Wildman–Crippen MR) is 81.1 cm³/mol. The van der Waals surface area contributed by atoms with Gasteiger partial charge in [0.15, 0.2) is 0 Å². The fourth-order valence-electron chi connectivity index (χ4n) is 3.30. The molecular weight excluding hydrogens is 270 g/mol. The summed E-state index contributed by atoms with van der Waals surface area (Å²) >= 11 is 0. The fourth-order valence-corrected chi connectivity index (χ4v) is 3.30. The Hall–Kier alpha value is -0.690. The summed E-state index contributed by atoms with van der Waals surface area (Å²) < 4.78 is 5.51. The molecule has 0 aromatic carbocycles. The van der Waals surface area contributed by atoms with Gasteiger partial charge in [0.25, 0.3) is 0 Å². The van der Waals surface area contributed by atoms with Crippen LogP contribution in [0.1, 0.15) is 19.8 Å². The second-order valence-corrected chi connectivity index (χ2v) is 6.50. The Labute approximate surface area is 127 Å². The van der Waals surface area contributed by atoms with Gasteiger partial charge in [0.05, 0.1) is 25.2 Å². The molecule has 0 radical (unpaired) electrons. The number of likely N-dealkylation sites (tertiary alicyclic amines) is 1. The first-order chi connectivity index (χ1) is 10.0. The molecule has 2 aliphatic heterocycles. The molecule has 0 saturated carbocycles. The Bertz CT molecular complexity index is 351. The van der Waals surface area contributed by atoms with E-state index in [1.807, 2.05) is 19.0 Å². The molecule has 0 bridgehead atoms. The van der Waals surface area contributed by atoms with E-state index in [1.165, 1.54) is 0 Å². The highest BCUT2D eigenvalue weighted by atomic mass is 16.5. The van der Waals surface area contributed by atoms with Crippen molar-refractivity contribution in [1.29, 1.82) is 0 Å². The van der Waals surface area contributed by atoms with E-state index < -0.39 is 6.10 Å². The second kappa shape index (κ2) is 7.54. The minimum atomic E-state index is -0.400. The van der Waals surface area contributed by atoms with Crippen LogP contribution in [0, 0.1) is 5.92 Å². The Morgan fingerprint density at radius 3 is 2.86 bits per heavy atom. The zero-order chi connectivity index (χ0) is 15.4. The van der Waals surface area contributed by atoms with Gasteiger partial charge < -0.3 is 25.0 Å². The van der Waals surface area contributed by atoms with Crippen molar-refractivity contribution in [2.75, 3.05) is 46.9 Å². The van der Waals surface area contributed by atoms with Crippen molar-refractivity contribution in [3.63, 3.8) is 0 Å². The smallest absolute Gasteiger partial charge is 0.230 e. The van der Waals surface area contributed by atoms with E-state index in [0.717, 1.165) is 19.5 Å². The number of β-amino-alcohol motifs (C(OH)–C–C–N with tert-alkyl or cyclic N) is 1. The first-order valence-electron chi connectivity index (χ1n) is 7.97. The van der Waals surface area contributed by atoms with Crippen molar-refractivity contribution < 1.29 is 14.6 Å². The molecule has 2 N–H and O–H groups in total. The van der Waals surface area contributed by atoms with Gasteiger partial charge in [-0.25, -0.2) is 0 Å². The normalized spacial score (nSPS) is 33.1. The maximum atomic E-state index is 12.8. The van der Waals surface area contributed by atoms with Gasteiger partial charge in [-0.15, -0.1) is 0 Å². The molecule has 122 valence electrons. The molecule has 2 rings (SSSR count). The molecular formula is C15H29N3O3. The number of aliphatic hydroxyl groups excluding tert-OH is 1. The monoisotopic (exact) mass is 299 g/mol. The molecule has 6 nitrogen and oxygen atoms in total. The second-order valence-electron chi connectivity index (χ2n) is 6.50. The van der Waals surface area contributed by atoms with Gasteiger partial charge in [-0.1, -0.05) is 6.92 Å². The Morgan fingerprint density at radius 1 is 1.43 bits per heavy atom. The van der Waals surface area contributed by atoms with Gasteiger partial charge in [0, 0.05) is 25.2 Å². The van der Waals surface area contributed by atoms with Crippen LogP contribution in [0.5, 0.6) is 0 Å². The summed E-state index contributed by atoms with van der Waals surface area (Å²) in [6, 6.07) is 0.213. The number of carbonyl (C=O) groups excluding carboxylic acids is 1. The Kier molecular flexibility index (Phi) is 5.98. The third kappa shape index (κ3) is 4.16. The molecule has 4 unspecified atom stereocenters. The quantitative estimate of drug-likeness (QED) is 0.694. The summed E-state index contributed by atoms with van der Waals surface area (Å²) in [7, 11) is 4.00. The Balaban J connectivity index is 1.99. The van der Waals surface area contributed by atoms with Crippen molar-refractivity contribution in [2.24, 2.45) is 5.92 Å². The van der Waals surface area contributed by atoms with Crippen LogP contribution < -0.4 is 5.32 Å². The van der Waals surface area contributed by atoms with Crippen LogP contribution in [0.2, 0.25) is 0 Å². The minimum absolute atomic E-state index is 0.106. The maximum Gasteiger partial charge on any atom is 0.230 e. The van der Waals surface area contributed by atoms with E-state index in [2.05, 4.69) is 17.1 Å². The van der Waals surface area contributed by atoms with Crippen LogP contribution in [0.4, 0.5) is 0 Å². The average Bonchev–Trinajstić information content (AvgIpc) is 3.01. The van der Waals surface area contributed by atoms with Gasteiger partial charge in [-0.3, -0.25) is 4.79 Å². The molecule has 2 fully saturated rings. The van der Waals surface area contributed by atoms with E-state index in [1.54, 1.807) is 0 Å². The molecule has 2 saturated heterocycles. The van der Waals surface area contributed by atoms with Gasteiger partial charge >= 0.3 is 0 Å². The summed E-state index contributed by atoms with van der Waals surface area (Å²) in [5.41, 5.74) is 0. The molecule has 0 aliphatic carbocycles. The predicted octanol–water partition coefficient (Wildman–Crippen LogP) is -0.476. The topological polar surface area (TPSA) is 65.0 Å². The summed E-state index contributed by atoms with van der Waals surface area (Å²) in [5, 5.41) is 13.3. The van der Waals surface area contributed by atoms with Crippen LogP contribution >= 0.6 is 0 Å². The fraction of sp³-hybridized carbons (Fsp3) is 0.933. The lowest BCUT2D eigenvalue weighted by Crippen LogP contribution is -2.49. The van der Waals surface area contributed by atoms with Gasteiger partial charge in [-0.05, 0) is 33.5 Å². The number of likely N-dealkylation sites (N-methyl/N-ethyl adjacent to an activating group) is 1. The number of carbonyl (C=O) groups is 1. The van der Waals surface area contributed by atoms with Crippen molar-refractivity contribution in [3.05, 3.63) is 0 Å². The van der Waals surface area contributed by atoms with Crippen molar-refractivity contribution >= 4 is 5.91 Å². The van der Waals surface area contributed by atoms with Crippen LogP contribution in [-0.2, 0) is 9.53 Å². The number of hydrogen-bond acceptors (Lipinski definition) is 5. The minimum Gasteiger partial charge on any atom is -0.391 e. The number of amides is 1. The molecule has 6 heteroatoms. The van der Waals surface area contributed by atoms with Gasteiger partial charge in [0.2, 0.25) is 5.91 Å². The zero-order valence-corrected chi connectivity index (χ0v) is 13.4. The van der Waals surface area contributed by atoms with E-state index in [9.17, 15) is 9.90 Å². The number of nitrogens with zero attached hydrogens (tertiary/aromatic N) is 2. The van der Waals surface area contributed by atoms with Crippen LogP contribution in [0.3, 0.4) is 0 Å². The lowest BCUT2D eigenvalue weighted by molar-refractivity contribution is -0.137. The average molecular weight is 299 g/mol. The van der Waals surface area contributed by atoms with E-state index in [0.29, 0.717) is 26.2 Å². The highest BCUT2D eigenvalue weighted by Crippen LogP contribution is 2.24. The molecule has 4 atom stereocenters. The van der Waals surface area contributed by atoms with Crippen molar-refractivity contribution in [1.82, 2.24) is 15.1 Å². The van der Waals surface area contributed by atoms with Crippen LogP contribution in [0.15, 0.2) is 0 Å². The number of rotatable bonds is 6. The number of ether oxygens (including phenoxy) is 1. The molecule has 0 aromatic rings. The summed E-state index contributed by atoms with van der Waals surface area (Å²) in [4.78, 5) is 16.8. The summed E-state index contributed by atoms with van der Waals surface area (Å²) in [6.07, 6.45) is 1.32. The van der Waals surface area contributed by atoms with Crippen molar-refractivity contribution in [2.45, 2.75) is 38.0 Å². The largest absolute Gasteiger partial charge is 0.391 e. The van der Waals surface area contributed by atoms with Crippen LogP contribution in [-0.4, -0.2) is 85.9 Å². The molecule has 1 amide bonds. The summed E-state index contributed by atoms with van der Waals surface area (Å²) in [5.74, 6) is 0.0102. The number of nitrogens with one attached hydrogen (secondary N) is 1. The summed E-state index contributed by atoms with van der Waals surface area (Å²) in [6.45, 7) is 5.36. The lowest BCUT2D eigenvalue weighted by atomic mass is 10.0. The van der Waals surface area contributed by atoms with E-state index in [-0.39, 0.29) is 23.9 Å². The molecule has 0 spiro atoms. The Morgan fingerprint density at radius 2 is 2.19 bits per heavy atom. The highest BCUT2D eigenvalue weighted by molar-refractivity contribution is 5.80. The maximum absolute atomic E-state index is 12.8. The molecule has 21 heavy (non-hydrogen) atoms. The van der Waals surface area contributed by atoms with E-state index >= 15 is 0 Å². The number of aliphatic hydroxyl groups is 1. The first-order valence-corrected chi connectivity index (χ1v) is 7.97. The standard InChI is InChI=1S/C15H29N3O3/c1-4-5-16-14-10-21-9-13(14)15(20)18-8-12(19)6-11(18)7-17(2)3/h11-14,16,19H,4-10H2,1-3H3. The molecule has 0 aromatic heterocycles. The van der Waals surface area contributed by atoms with Gasteiger partial charge in [0.1, 0.15) is 0 Å². The number of hydrogen-bond donors (Lipinski definition) is 2. The third-order valence-electron chi connectivity index (χ3n) is 4.31. The highest BCUT2D eigenvalue weighted by Gasteiger charge is 2.42. The zero-order valence-electron chi connectivity index (χ0n) is 13.4. The van der Waals surface area contributed by atoms with Crippen molar-refractivity contribution in [3.8, 4) is 0 Å². The SMILES string of the molecule is CCCNC1COCC1C(=O)N1CC(O)CC1CN(C)C.